The van der Waals surface area contributed by atoms with Crippen molar-refractivity contribution in [1.29, 1.82) is 0 Å². The summed E-state index contributed by atoms with van der Waals surface area (Å²) in [7, 11) is 2.97. The Bertz CT molecular complexity index is 450. The van der Waals surface area contributed by atoms with Gasteiger partial charge in [0.15, 0.2) is 11.5 Å². The maximum Gasteiger partial charge on any atom is 0.321 e. The van der Waals surface area contributed by atoms with Crippen molar-refractivity contribution in [3.63, 3.8) is 0 Å². The number of carbonyl (C=O) groups is 1. The van der Waals surface area contributed by atoms with Gasteiger partial charge in [0.05, 0.1) is 19.2 Å². The largest absolute Gasteiger partial charge is 0.493 e. The fourth-order valence-corrected chi connectivity index (χ4v) is 2.07. The van der Waals surface area contributed by atoms with Gasteiger partial charge in [-0.1, -0.05) is 24.6 Å². The topological polar surface area (TPSA) is 81.8 Å². The van der Waals surface area contributed by atoms with Crippen LogP contribution in [0.1, 0.15) is 18.4 Å². The lowest BCUT2D eigenvalue weighted by molar-refractivity contribution is -0.139. The Morgan fingerprint density at radius 1 is 1.39 bits per heavy atom. The second-order valence-electron chi connectivity index (χ2n) is 3.86. The first-order valence-electron chi connectivity index (χ1n) is 5.32. The summed E-state index contributed by atoms with van der Waals surface area (Å²) in [6.45, 7) is 1.70. The molecule has 0 amide bonds. The van der Waals surface area contributed by atoms with Crippen LogP contribution < -0.4 is 15.2 Å². The van der Waals surface area contributed by atoms with Gasteiger partial charge in [-0.05, 0) is 11.6 Å². The molecular formula is C12H16ClNO4. The molecule has 0 heterocycles. The number of carboxylic acid groups (broad SMARTS) is 1. The minimum absolute atomic E-state index is 0.320. The van der Waals surface area contributed by atoms with E-state index in [0.717, 1.165) is 0 Å². The van der Waals surface area contributed by atoms with Crippen LogP contribution in [0.3, 0.4) is 0 Å². The molecular weight excluding hydrogens is 258 g/mol. The van der Waals surface area contributed by atoms with E-state index in [-0.39, 0.29) is 0 Å². The van der Waals surface area contributed by atoms with Gasteiger partial charge in [0.2, 0.25) is 0 Å². The van der Waals surface area contributed by atoms with Crippen molar-refractivity contribution in [2.75, 3.05) is 14.2 Å². The predicted molar refractivity (Wildman–Crippen MR) is 68.6 cm³/mol. The number of hydrogen-bond acceptors (Lipinski definition) is 4. The van der Waals surface area contributed by atoms with Crippen molar-refractivity contribution in [2.24, 2.45) is 5.73 Å². The van der Waals surface area contributed by atoms with Gasteiger partial charge in [0, 0.05) is 5.92 Å². The molecule has 1 unspecified atom stereocenters. The summed E-state index contributed by atoms with van der Waals surface area (Å²) in [5, 5.41) is 9.23. The summed E-state index contributed by atoms with van der Waals surface area (Å²) in [4.78, 5) is 10.9. The summed E-state index contributed by atoms with van der Waals surface area (Å²) < 4.78 is 10.3. The quantitative estimate of drug-likeness (QED) is 0.856. The maximum absolute atomic E-state index is 10.9. The van der Waals surface area contributed by atoms with Gasteiger partial charge < -0.3 is 20.3 Å². The molecule has 0 aliphatic carbocycles. The first kappa shape index (κ1) is 14.6. The molecule has 6 heteroatoms. The lowest BCUT2D eigenvalue weighted by Gasteiger charge is -2.20. The van der Waals surface area contributed by atoms with Crippen molar-refractivity contribution < 1.29 is 19.4 Å². The van der Waals surface area contributed by atoms with Gasteiger partial charge in [0.1, 0.15) is 6.04 Å². The number of carboxylic acids is 1. The Balaban J connectivity index is 3.22. The van der Waals surface area contributed by atoms with Gasteiger partial charge in [-0.25, -0.2) is 0 Å². The molecule has 5 nitrogen and oxygen atoms in total. The molecule has 0 aromatic heterocycles. The van der Waals surface area contributed by atoms with Crippen LogP contribution in [-0.2, 0) is 4.79 Å². The summed E-state index contributed by atoms with van der Waals surface area (Å²) in [5.74, 6) is -0.647. The van der Waals surface area contributed by atoms with Crippen LogP contribution in [0.25, 0.3) is 0 Å². The highest BCUT2D eigenvalue weighted by molar-refractivity contribution is 6.33. The minimum Gasteiger partial charge on any atom is -0.493 e. The molecule has 3 N–H and O–H groups in total. The van der Waals surface area contributed by atoms with Crippen LogP contribution in [0.2, 0.25) is 5.02 Å². The Morgan fingerprint density at radius 2 is 2.00 bits per heavy atom. The number of hydrogen-bond donors (Lipinski definition) is 2. The molecule has 18 heavy (non-hydrogen) atoms. The zero-order chi connectivity index (χ0) is 13.9. The highest BCUT2D eigenvalue weighted by Crippen LogP contribution is 2.40. The monoisotopic (exact) mass is 273 g/mol. The Kier molecular flexibility index (Phi) is 4.81. The first-order chi connectivity index (χ1) is 8.43. The van der Waals surface area contributed by atoms with E-state index < -0.39 is 17.9 Å². The van der Waals surface area contributed by atoms with Crippen molar-refractivity contribution in [2.45, 2.75) is 18.9 Å². The summed E-state index contributed by atoms with van der Waals surface area (Å²) >= 11 is 6.18. The van der Waals surface area contributed by atoms with E-state index in [1.54, 1.807) is 19.1 Å². The van der Waals surface area contributed by atoms with Crippen molar-refractivity contribution in [1.82, 2.24) is 0 Å². The molecule has 0 spiro atoms. The van der Waals surface area contributed by atoms with Gasteiger partial charge in [-0.2, -0.15) is 0 Å². The molecule has 1 rings (SSSR count). The van der Waals surface area contributed by atoms with Gasteiger partial charge in [-0.3, -0.25) is 4.79 Å². The summed E-state index contributed by atoms with van der Waals surface area (Å²) in [6.07, 6.45) is 0. The van der Waals surface area contributed by atoms with E-state index >= 15 is 0 Å². The number of nitrogens with two attached hydrogens (primary N) is 1. The predicted octanol–water partition coefficient (Wildman–Crippen LogP) is 1.87. The Labute approximate surface area is 110 Å². The molecule has 1 aromatic rings. The van der Waals surface area contributed by atoms with E-state index in [9.17, 15) is 4.79 Å². The lowest BCUT2D eigenvalue weighted by atomic mass is 9.93. The number of methoxy groups -OCH3 is 2. The molecule has 0 fully saturated rings. The maximum atomic E-state index is 10.9. The van der Waals surface area contributed by atoms with Crippen molar-refractivity contribution in [3.05, 3.63) is 22.7 Å². The van der Waals surface area contributed by atoms with Crippen LogP contribution in [0.4, 0.5) is 0 Å². The van der Waals surface area contributed by atoms with Gasteiger partial charge >= 0.3 is 5.97 Å². The molecule has 0 bridgehead atoms. The van der Waals surface area contributed by atoms with Gasteiger partial charge in [-0.15, -0.1) is 0 Å². The Hall–Kier alpha value is -1.46. The molecule has 0 saturated heterocycles. The zero-order valence-electron chi connectivity index (χ0n) is 10.4. The molecule has 1 aromatic carbocycles. The van der Waals surface area contributed by atoms with E-state index in [1.807, 2.05) is 0 Å². The van der Waals surface area contributed by atoms with E-state index in [2.05, 4.69) is 0 Å². The van der Waals surface area contributed by atoms with Gasteiger partial charge in [0.25, 0.3) is 0 Å². The molecule has 0 saturated carbocycles. The second kappa shape index (κ2) is 5.93. The average Bonchev–Trinajstić information content (AvgIpc) is 2.36. The second-order valence-corrected chi connectivity index (χ2v) is 4.23. The van der Waals surface area contributed by atoms with Crippen LogP contribution in [0.5, 0.6) is 11.5 Å². The first-order valence-corrected chi connectivity index (χ1v) is 5.70. The number of rotatable bonds is 5. The van der Waals surface area contributed by atoms with Crippen LogP contribution >= 0.6 is 11.6 Å². The average molecular weight is 274 g/mol. The fraction of sp³-hybridized carbons (Fsp3) is 0.417. The molecule has 0 aliphatic rings. The van der Waals surface area contributed by atoms with Crippen LogP contribution in [0, 0.1) is 0 Å². The smallest absolute Gasteiger partial charge is 0.321 e. The fourth-order valence-electron chi connectivity index (χ4n) is 1.66. The van der Waals surface area contributed by atoms with E-state index in [0.29, 0.717) is 22.1 Å². The third-order valence-corrected chi connectivity index (χ3v) is 3.22. The highest BCUT2D eigenvalue weighted by atomic mass is 35.5. The Morgan fingerprint density at radius 3 is 2.44 bits per heavy atom. The molecule has 100 valence electrons. The number of benzene rings is 1. The SMILES string of the molecule is COc1ccc(C(C)[C@@H](N)C(=O)O)c(Cl)c1OC. The van der Waals surface area contributed by atoms with E-state index in [4.69, 9.17) is 31.9 Å². The van der Waals surface area contributed by atoms with Crippen LogP contribution in [0.15, 0.2) is 12.1 Å². The highest BCUT2D eigenvalue weighted by Gasteiger charge is 2.25. The van der Waals surface area contributed by atoms with E-state index in [1.165, 1.54) is 14.2 Å². The molecule has 0 radical (unpaired) electrons. The molecule has 2 atom stereocenters. The van der Waals surface area contributed by atoms with Crippen molar-refractivity contribution in [3.8, 4) is 11.5 Å². The lowest BCUT2D eigenvalue weighted by Crippen LogP contribution is -2.35. The summed E-state index contributed by atoms with van der Waals surface area (Å²) in [5.41, 5.74) is 6.21. The minimum atomic E-state index is -1.08. The standard InChI is InChI=1S/C12H16ClNO4/c1-6(10(14)12(15)16)7-4-5-8(17-2)11(18-3)9(7)13/h4-6,10H,14H2,1-3H3,(H,15,16)/t6?,10-/m1/s1. The molecule has 0 aliphatic heterocycles. The zero-order valence-corrected chi connectivity index (χ0v) is 11.2. The van der Waals surface area contributed by atoms with Crippen molar-refractivity contribution >= 4 is 17.6 Å². The van der Waals surface area contributed by atoms with Crippen LogP contribution in [-0.4, -0.2) is 31.3 Å². The normalized spacial score (nSPS) is 13.8. The number of halogens is 1. The third-order valence-electron chi connectivity index (χ3n) is 2.83. The number of aliphatic carboxylic acids is 1. The number of ether oxygens (including phenoxy) is 2. The summed E-state index contributed by atoms with van der Waals surface area (Å²) in [6, 6.07) is 2.34. The third kappa shape index (κ3) is 2.68.